The van der Waals surface area contributed by atoms with E-state index in [4.69, 9.17) is 4.74 Å². The molecule has 5 heteroatoms. The summed E-state index contributed by atoms with van der Waals surface area (Å²) >= 11 is 0. The highest BCUT2D eigenvalue weighted by Crippen LogP contribution is 2.51. The van der Waals surface area contributed by atoms with Gasteiger partial charge < -0.3 is 14.5 Å². The number of carbonyl (C=O) groups is 2. The van der Waals surface area contributed by atoms with Gasteiger partial charge in [0.15, 0.2) is 0 Å². The van der Waals surface area contributed by atoms with E-state index in [9.17, 15) is 9.59 Å². The molecule has 1 saturated carbocycles. The molecule has 1 atom stereocenters. The van der Waals surface area contributed by atoms with Crippen LogP contribution in [0.4, 0.5) is 5.69 Å². The highest BCUT2D eigenvalue weighted by Gasteiger charge is 2.60. The number of para-hydroxylation sites is 1. The van der Waals surface area contributed by atoms with Crippen LogP contribution in [0.15, 0.2) is 24.3 Å². The Balaban J connectivity index is 1.60. The van der Waals surface area contributed by atoms with Gasteiger partial charge in [-0.05, 0) is 37.8 Å². The van der Waals surface area contributed by atoms with E-state index in [2.05, 4.69) is 13.0 Å². The quantitative estimate of drug-likeness (QED) is 0.779. The number of anilines is 1. The molecular weight excluding hydrogens is 292 g/mol. The summed E-state index contributed by atoms with van der Waals surface area (Å²) in [4.78, 5) is 29.8. The van der Waals surface area contributed by atoms with Gasteiger partial charge in [0.05, 0.1) is 13.2 Å². The minimum atomic E-state index is -0.816. The lowest BCUT2D eigenvalue weighted by atomic mass is 10.0. The predicted molar refractivity (Wildman–Crippen MR) is 86.2 cm³/mol. The number of nitrogens with zero attached hydrogens (tertiary/aromatic N) is 2. The van der Waals surface area contributed by atoms with Gasteiger partial charge in [-0.2, -0.15) is 0 Å². The first kappa shape index (κ1) is 14.7. The van der Waals surface area contributed by atoms with E-state index in [0.29, 0.717) is 39.1 Å². The Kier molecular flexibility index (Phi) is 3.41. The Hall–Kier alpha value is -1.88. The van der Waals surface area contributed by atoms with Gasteiger partial charge in [0.25, 0.3) is 0 Å². The standard InChI is InChI=1S/C18H22N2O3/c1-13-12-14-4-2-3-5-15(14)20(13)17(22)18(6-7-18)16(21)19-8-10-23-11-9-19/h2-5,13H,6-12H2,1H3. The normalized spacial score (nSPS) is 25.2. The van der Waals surface area contributed by atoms with Crippen molar-refractivity contribution in [2.45, 2.75) is 32.2 Å². The summed E-state index contributed by atoms with van der Waals surface area (Å²) in [6.45, 7) is 4.39. The molecule has 2 heterocycles. The average molecular weight is 314 g/mol. The van der Waals surface area contributed by atoms with Crippen LogP contribution in [-0.2, 0) is 20.7 Å². The molecule has 3 aliphatic rings. The minimum Gasteiger partial charge on any atom is -0.378 e. The molecule has 122 valence electrons. The van der Waals surface area contributed by atoms with Gasteiger partial charge in [-0.15, -0.1) is 0 Å². The van der Waals surface area contributed by atoms with Crippen molar-refractivity contribution in [3.05, 3.63) is 29.8 Å². The molecule has 2 amide bonds. The second-order valence-corrected chi connectivity index (χ2v) is 6.84. The molecule has 1 aromatic rings. The van der Waals surface area contributed by atoms with E-state index in [-0.39, 0.29) is 17.9 Å². The predicted octanol–water partition coefficient (Wildman–Crippen LogP) is 1.60. The van der Waals surface area contributed by atoms with Crippen LogP contribution in [0.2, 0.25) is 0 Å². The van der Waals surface area contributed by atoms with Gasteiger partial charge >= 0.3 is 0 Å². The fourth-order valence-corrected chi connectivity index (χ4v) is 3.82. The largest absolute Gasteiger partial charge is 0.378 e. The molecule has 1 saturated heterocycles. The number of amides is 2. The number of morpholine rings is 1. The van der Waals surface area contributed by atoms with Gasteiger partial charge in [0.2, 0.25) is 11.8 Å². The van der Waals surface area contributed by atoms with Gasteiger partial charge in [-0.1, -0.05) is 18.2 Å². The summed E-state index contributed by atoms with van der Waals surface area (Å²) in [5.74, 6) is -0.00572. The number of fused-ring (bicyclic) bond motifs is 1. The van der Waals surface area contributed by atoms with Crippen LogP contribution in [0.25, 0.3) is 0 Å². The average Bonchev–Trinajstić information content (AvgIpc) is 3.32. The van der Waals surface area contributed by atoms with Gasteiger partial charge in [0.1, 0.15) is 5.41 Å². The van der Waals surface area contributed by atoms with Crippen LogP contribution >= 0.6 is 0 Å². The van der Waals surface area contributed by atoms with Crippen LogP contribution in [-0.4, -0.2) is 49.1 Å². The Morgan fingerprint density at radius 2 is 1.83 bits per heavy atom. The van der Waals surface area contributed by atoms with E-state index in [0.717, 1.165) is 12.1 Å². The zero-order valence-electron chi connectivity index (χ0n) is 13.5. The molecule has 5 nitrogen and oxygen atoms in total. The Morgan fingerprint density at radius 3 is 2.52 bits per heavy atom. The van der Waals surface area contributed by atoms with Crippen LogP contribution < -0.4 is 4.90 Å². The van der Waals surface area contributed by atoms with Crippen molar-refractivity contribution < 1.29 is 14.3 Å². The fourth-order valence-electron chi connectivity index (χ4n) is 3.82. The van der Waals surface area contributed by atoms with Crippen LogP contribution in [0.5, 0.6) is 0 Å². The monoisotopic (exact) mass is 314 g/mol. The maximum Gasteiger partial charge on any atom is 0.242 e. The maximum absolute atomic E-state index is 13.2. The van der Waals surface area contributed by atoms with Gasteiger partial charge in [-0.25, -0.2) is 0 Å². The molecule has 23 heavy (non-hydrogen) atoms. The molecule has 1 aliphatic carbocycles. The van der Waals surface area contributed by atoms with Crippen molar-refractivity contribution in [1.29, 1.82) is 0 Å². The first-order valence-electron chi connectivity index (χ1n) is 8.42. The van der Waals surface area contributed by atoms with E-state index in [1.807, 2.05) is 23.1 Å². The molecule has 2 fully saturated rings. The van der Waals surface area contributed by atoms with Crippen molar-refractivity contribution in [2.24, 2.45) is 5.41 Å². The van der Waals surface area contributed by atoms with E-state index < -0.39 is 5.41 Å². The first-order chi connectivity index (χ1) is 11.1. The third kappa shape index (κ3) is 2.26. The second-order valence-electron chi connectivity index (χ2n) is 6.84. The molecule has 0 aromatic heterocycles. The molecule has 0 radical (unpaired) electrons. The molecule has 2 aliphatic heterocycles. The number of hydrogen-bond acceptors (Lipinski definition) is 3. The Labute approximate surface area is 136 Å². The number of rotatable bonds is 2. The fraction of sp³-hybridized carbons (Fsp3) is 0.556. The number of carbonyl (C=O) groups excluding carboxylic acids is 2. The summed E-state index contributed by atoms with van der Waals surface area (Å²) in [6.07, 6.45) is 2.21. The van der Waals surface area contributed by atoms with Crippen LogP contribution in [0, 0.1) is 5.41 Å². The van der Waals surface area contributed by atoms with Crippen molar-refractivity contribution in [1.82, 2.24) is 4.90 Å². The minimum absolute atomic E-state index is 0.00220. The number of hydrogen-bond donors (Lipinski definition) is 0. The van der Waals surface area contributed by atoms with E-state index in [1.54, 1.807) is 4.90 Å². The summed E-state index contributed by atoms with van der Waals surface area (Å²) in [5, 5.41) is 0. The highest BCUT2D eigenvalue weighted by molar-refractivity contribution is 6.15. The Bertz CT molecular complexity index is 647. The molecule has 0 spiro atoms. The van der Waals surface area contributed by atoms with Crippen LogP contribution in [0.3, 0.4) is 0 Å². The van der Waals surface area contributed by atoms with Gasteiger partial charge in [-0.3, -0.25) is 9.59 Å². The smallest absolute Gasteiger partial charge is 0.242 e. The number of benzene rings is 1. The van der Waals surface area contributed by atoms with Crippen molar-refractivity contribution >= 4 is 17.5 Å². The van der Waals surface area contributed by atoms with E-state index in [1.165, 1.54) is 5.56 Å². The molecule has 1 unspecified atom stereocenters. The molecule has 1 aromatic carbocycles. The van der Waals surface area contributed by atoms with Crippen molar-refractivity contribution in [2.75, 3.05) is 31.2 Å². The van der Waals surface area contributed by atoms with Gasteiger partial charge in [0, 0.05) is 24.8 Å². The summed E-state index contributed by atoms with van der Waals surface area (Å²) < 4.78 is 5.32. The third-order valence-corrected chi connectivity index (χ3v) is 5.29. The Morgan fingerprint density at radius 1 is 1.13 bits per heavy atom. The lowest BCUT2D eigenvalue weighted by Crippen LogP contribution is -2.51. The summed E-state index contributed by atoms with van der Waals surface area (Å²) in [7, 11) is 0. The topological polar surface area (TPSA) is 49.9 Å². The zero-order valence-corrected chi connectivity index (χ0v) is 13.5. The third-order valence-electron chi connectivity index (χ3n) is 5.29. The second kappa shape index (κ2) is 5.34. The van der Waals surface area contributed by atoms with Crippen LogP contribution in [0.1, 0.15) is 25.3 Å². The summed E-state index contributed by atoms with van der Waals surface area (Å²) in [5.41, 5.74) is 1.36. The maximum atomic E-state index is 13.2. The first-order valence-corrected chi connectivity index (χ1v) is 8.42. The number of ether oxygens (including phenoxy) is 1. The molecular formula is C18H22N2O3. The zero-order chi connectivity index (χ0) is 16.0. The molecule has 0 bridgehead atoms. The lowest BCUT2D eigenvalue weighted by Gasteiger charge is -2.33. The van der Waals surface area contributed by atoms with Crippen molar-refractivity contribution in [3.63, 3.8) is 0 Å². The highest BCUT2D eigenvalue weighted by atomic mass is 16.5. The summed E-state index contributed by atoms with van der Waals surface area (Å²) in [6, 6.07) is 8.15. The lowest BCUT2D eigenvalue weighted by molar-refractivity contribution is -0.146. The SMILES string of the molecule is CC1Cc2ccccc2N1C(=O)C1(C(=O)N2CCOCC2)CC1. The molecule has 4 rings (SSSR count). The van der Waals surface area contributed by atoms with E-state index >= 15 is 0 Å². The van der Waals surface area contributed by atoms with Crippen molar-refractivity contribution in [3.8, 4) is 0 Å². The molecule has 0 N–H and O–H groups in total.